The number of rotatable bonds is 6. The van der Waals surface area contributed by atoms with Crippen molar-refractivity contribution in [1.29, 1.82) is 0 Å². The number of carbonyl (C=O) groups is 1. The van der Waals surface area contributed by atoms with Gasteiger partial charge in [-0.25, -0.2) is 17.5 Å². The summed E-state index contributed by atoms with van der Waals surface area (Å²) in [6.45, 7) is 2.74. The van der Waals surface area contributed by atoms with E-state index in [9.17, 15) is 17.6 Å². The highest BCUT2D eigenvalue weighted by Gasteiger charge is 2.30. The van der Waals surface area contributed by atoms with E-state index in [1.54, 1.807) is 23.1 Å². The zero-order valence-corrected chi connectivity index (χ0v) is 18.8. The van der Waals surface area contributed by atoms with E-state index in [0.717, 1.165) is 12.8 Å². The van der Waals surface area contributed by atoms with E-state index >= 15 is 0 Å². The molecule has 0 aromatic heterocycles. The van der Waals surface area contributed by atoms with Crippen molar-refractivity contribution >= 4 is 31.9 Å². The van der Waals surface area contributed by atoms with Crippen molar-refractivity contribution in [1.82, 2.24) is 14.5 Å². The highest BCUT2D eigenvalue weighted by molar-refractivity contribution is 9.10. The van der Waals surface area contributed by atoms with Gasteiger partial charge < -0.3 is 4.90 Å². The largest absolute Gasteiger partial charge is 0.336 e. The van der Waals surface area contributed by atoms with Gasteiger partial charge >= 0.3 is 0 Å². The number of nitrogens with zero attached hydrogens (tertiary/aromatic N) is 2. The minimum atomic E-state index is -3.63. The van der Waals surface area contributed by atoms with Crippen molar-refractivity contribution in [3.8, 4) is 0 Å². The molecule has 0 unspecified atom stereocenters. The summed E-state index contributed by atoms with van der Waals surface area (Å²) in [6.07, 6.45) is 1.69. The van der Waals surface area contributed by atoms with Crippen molar-refractivity contribution in [2.75, 3.05) is 26.2 Å². The van der Waals surface area contributed by atoms with Gasteiger partial charge in [0.2, 0.25) is 10.0 Å². The molecule has 1 aliphatic heterocycles. The van der Waals surface area contributed by atoms with Gasteiger partial charge in [0.05, 0.1) is 10.5 Å². The van der Waals surface area contributed by atoms with Crippen LogP contribution in [-0.2, 0) is 16.6 Å². The number of carbonyl (C=O) groups excluding carboxylic acids is 1. The predicted molar refractivity (Wildman–Crippen MR) is 115 cm³/mol. The van der Waals surface area contributed by atoms with Gasteiger partial charge in [-0.2, -0.15) is 0 Å². The molecule has 1 amide bonds. The molecular weight excluding hydrogens is 473 g/mol. The third-order valence-electron chi connectivity index (χ3n) is 5.39. The molecule has 0 bridgehead atoms. The molecule has 1 aliphatic carbocycles. The Kier molecular flexibility index (Phi) is 6.24. The second-order valence-electron chi connectivity index (χ2n) is 7.70. The number of halogens is 2. The summed E-state index contributed by atoms with van der Waals surface area (Å²) in [5.41, 5.74) is 0.970. The fourth-order valence-corrected chi connectivity index (χ4v) is 5.22. The molecule has 6 nitrogen and oxygen atoms in total. The Morgan fingerprint density at radius 1 is 1.10 bits per heavy atom. The average Bonchev–Trinajstić information content (AvgIpc) is 3.53. The highest BCUT2D eigenvalue weighted by atomic mass is 79.9. The van der Waals surface area contributed by atoms with E-state index in [-0.39, 0.29) is 22.7 Å². The van der Waals surface area contributed by atoms with Gasteiger partial charge in [-0.3, -0.25) is 9.69 Å². The van der Waals surface area contributed by atoms with E-state index in [0.29, 0.717) is 48.3 Å². The normalized spacial score (nSPS) is 17.9. The minimum absolute atomic E-state index is 0.000303. The fraction of sp³-hybridized carbons (Fsp3) is 0.381. The van der Waals surface area contributed by atoms with Crippen LogP contribution < -0.4 is 4.72 Å². The summed E-state index contributed by atoms with van der Waals surface area (Å²) in [5, 5.41) is 0. The van der Waals surface area contributed by atoms with Gasteiger partial charge in [0.1, 0.15) is 5.82 Å². The number of hydrogen-bond acceptors (Lipinski definition) is 4. The molecular formula is C21H23BrFN3O3S. The molecule has 1 heterocycles. The third kappa shape index (κ3) is 4.91. The molecule has 2 aromatic rings. The highest BCUT2D eigenvalue weighted by Crippen LogP contribution is 2.26. The number of piperazine rings is 1. The monoisotopic (exact) mass is 495 g/mol. The summed E-state index contributed by atoms with van der Waals surface area (Å²) in [7, 11) is -3.63. The lowest BCUT2D eigenvalue weighted by Gasteiger charge is -2.35. The molecule has 0 radical (unpaired) electrons. The summed E-state index contributed by atoms with van der Waals surface area (Å²) in [4.78, 5) is 17.0. The van der Waals surface area contributed by atoms with Crippen molar-refractivity contribution < 1.29 is 17.6 Å². The number of amides is 1. The van der Waals surface area contributed by atoms with Gasteiger partial charge in [-0.15, -0.1) is 0 Å². The van der Waals surface area contributed by atoms with E-state index in [1.165, 1.54) is 18.2 Å². The van der Waals surface area contributed by atoms with E-state index < -0.39 is 10.0 Å². The van der Waals surface area contributed by atoms with Crippen LogP contribution in [0.15, 0.2) is 51.8 Å². The van der Waals surface area contributed by atoms with Crippen molar-refractivity contribution in [2.45, 2.75) is 30.3 Å². The number of hydrogen-bond donors (Lipinski definition) is 1. The van der Waals surface area contributed by atoms with Crippen LogP contribution in [0.1, 0.15) is 28.8 Å². The maximum atomic E-state index is 13.9. The zero-order valence-electron chi connectivity index (χ0n) is 16.4. The second-order valence-corrected chi connectivity index (χ2v) is 10.3. The minimum Gasteiger partial charge on any atom is -0.336 e. The third-order valence-corrected chi connectivity index (χ3v) is 7.60. The first kappa shape index (κ1) is 21.4. The Labute approximate surface area is 184 Å². The van der Waals surface area contributed by atoms with Crippen molar-refractivity contribution in [3.63, 3.8) is 0 Å². The molecule has 0 atom stereocenters. The molecule has 4 rings (SSSR count). The van der Waals surface area contributed by atoms with Crippen LogP contribution in [0.3, 0.4) is 0 Å². The molecule has 160 valence electrons. The fourth-order valence-electron chi connectivity index (χ4n) is 3.47. The first-order chi connectivity index (χ1) is 14.3. The van der Waals surface area contributed by atoms with Gasteiger partial charge in [-0.1, -0.05) is 18.2 Å². The number of sulfonamides is 1. The van der Waals surface area contributed by atoms with Crippen molar-refractivity contribution in [3.05, 3.63) is 63.9 Å². The zero-order chi connectivity index (χ0) is 21.3. The van der Waals surface area contributed by atoms with Crippen LogP contribution in [0.5, 0.6) is 0 Å². The number of nitrogens with one attached hydrogen (secondary N) is 1. The molecule has 9 heteroatoms. The van der Waals surface area contributed by atoms with Gasteiger partial charge in [0.25, 0.3) is 5.91 Å². The maximum Gasteiger partial charge on any atom is 0.255 e. The van der Waals surface area contributed by atoms with Gasteiger partial charge in [0.15, 0.2) is 0 Å². The predicted octanol–water partition coefficient (Wildman–Crippen LogP) is 2.99. The summed E-state index contributed by atoms with van der Waals surface area (Å²) >= 11 is 3.38. The second kappa shape index (κ2) is 8.74. The van der Waals surface area contributed by atoms with Crippen LogP contribution in [-0.4, -0.2) is 56.3 Å². The first-order valence-electron chi connectivity index (χ1n) is 9.90. The maximum absolute atomic E-state index is 13.9. The van der Waals surface area contributed by atoms with Crippen LogP contribution in [0.4, 0.5) is 4.39 Å². The van der Waals surface area contributed by atoms with Crippen molar-refractivity contribution in [2.24, 2.45) is 0 Å². The molecule has 0 spiro atoms. The lowest BCUT2D eigenvalue weighted by Crippen LogP contribution is -2.48. The van der Waals surface area contributed by atoms with E-state index in [2.05, 4.69) is 25.6 Å². The topological polar surface area (TPSA) is 69.7 Å². The van der Waals surface area contributed by atoms with Crippen LogP contribution in [0, 0.1) is 5.82 Å². The Morgan fingerprint density at radius 2 is 1.80 bits per heavy atom. The molecule has 1 saturated carbocycles. The molecule has 2 aromatic carbocycles. The van der Waals surface area contributed by atoms with E-state index in [1.807, 2.05) is 6.07 Å². The Balaban J connectivity index is 1.42. The summed E-state index contributed by atoms with van der Waals surface area (Å²) in [5.74, 6) is -0.436. The average molecular weight is 496 g/mol. The summed E-state index contributed by atoms with van der Waals surface area (Å²) in [6, 6.07) is 11.2. The standard InChI is InChI=1S/C21H23BrFN3O3S/c22-19-8-7-17(30(28,29)24-16-5-6-16)13-18(19)21(27)26-11-9-25(10-12-26)14-15-3-1-2-4-20(15)23/h1-4,7-8,13,16,24H,5-6,9-12,14H2. The van der Waals surface area contributed by atoms with Gasteiger partial charge in [-0.05, 0) is 53.0 Å². The van der Waals surface area contributed by atoms with Crippen LogP contribution >= 0.6 is 15.9 Å². The smallest absolute Gasteiger partial charge is 0.255 e. The van der Waals surface area contributed by atoms with Crippen LogP contribution in [0.25, 0.3) is 0 Å². The molecule has 1 saturated heterocycles. The van der Waals surface area contributed by atoms with Crippen LogP contribution in [0.2, 0.25) is 0 Å². The Bertz CT molecular complexity index is 1050. The summed E-state index contributed by atoms with van der Waals surface area (Å²) < 4.78 is 42.1. The first-order valence-corrected chi connectivity index (χ1v) is 12.2. The number of benzene rings is 2. The molecule has 2 fully saturated rings. The Hall–Kier alpha value is -1.81. The molecule has 2 aliphatic rings. The quantitative estimate of drug-likeness (QED) is 0.668. The lowest BCUT2D eigenvalue weighted by molar-refractivity contribution is 0.0626. The van der Waals surface area contributed by atoms with E-state index in [4.69, 9.17) is 0 Å². The van der Waals surface area contributed by atoms with Gasteiger partial charge in [0, 0.05) is 48.8 Å². The molecule has 30 heavy (non-hydrogen) atoms. The Morgan fingerprint density at radius 3 is 2.47 bits per heavy atom. The molecule has 1 N–H and O–H groups in total. The SMILES string of the molecule is O=C(c1cc(S(=O)(=O)NC2CC2)ccc1Br)N1CCN(Cc2ccccc2F)CC1. The lowest BCUT2D eigenvalue weighted by atomic mass is 10.1.